The van der Waals surface area contributed by atoms with E-state index in [-0.39, 0.29) is 42.3 Å². The third-order valence-corrected chi connectivity index (χ3v) is 9.38. The van der Waals surface area contributed by atoms with E-state index >= 15 is 0 Å². The number of anilines is 1. The zero-order valence-electron chi connectivity index (χ0n) is 23.1. The number of rotatable bonds is 9. The lowest BCUT2D eigenvalue weighted by atomic mass is 9.95. The number of benzene rings is 3. The average Bonchev–Trinajstić information content (AvgIpc) is 3.01. The molecule has 0 spiro atoms. The molecule has 2 amide bonds. The number of ether oxygens (including phenoxy) is 2. The lowest BCUT2D eigenvalue weighted by Gasteiger charge is -2.38. The standard InChI is InChI=1S/C31H35N3O6S/c1-2-39-25-12-14-26(15-13-25)41(37,38)33-20-17-24(18-21-33)31(36)34-22-29(40-28-11-7-6-10-27(28)34)30(35)32-19-16-23-8-4-3-5-9-23/h3-15,24,29H,2,16-22H2,1H3,(H,32,35)/t29-/m0/s1. The van der Waals surface area contributed by atoms with Crippen LogP contribution < -0.4 is 19.7 Å². The van der Waals surface area contributed by atoms with Gasteiger partial charge >= 0.3 is 0 Å². The Morgan fingerprint density at radius 1 is 0.951 bits per heavy atom. The molecule has 3 aromatic carbocycles. The van der Waals surface area contributed by atoms with Crippen molar-refractivity contribution in [2.75, 3.05) is 37.7 Å². The second kappa shape index (κ2) is 12.7. The molecule has 0 radical (unpaired) electrons. The number of sulfonamides is 1. The Kier molecular flexibility index (Phi) is 8.90. The number of nitrogens with one attached hydrogen (secondary N) is 1. The van der Waals surface area contributed by atoms with Gasteiger partial charge in [0.2, 0.25) is 15.9 Å². The van der Waals surface area contributed by atoms with Crippen LogP contribution in [0, 0.1) is 5.92 Å². The lowest BCUT2D eigenvalue weighted by molar-refractivity contribution is -0.129. The van der Waals surface area contributed by atoms with Crippen molar-refractivity contribution >= 4 is 27.5 Å². The summed E-state index contributed by atoms with van der Waals surface area (Å²) in [5.74, 6) is 0.329. The minimum atomic E-state index is -3.69. The summed E-state index contributed by atoms with van der Waals surface area (Å²) in [6, 6.07) is 23.5. The second-order valence-corrected chi connectivity index (χ2v) is 12.1. The molecule has 41 heavy (non-hydrogen) atoms. The minimum absolute atomic E-state index is 0.0949. The van der Waals surface area contributed by atoms with Gasteiger partial charge in [-0.1, -0.05) is 42.5 Å². The van der Waals surface area contributed by atoms with Gasteiger partial charge in [0.15, 0.2) is 6.10 Å². The first-order valence-electron chi connectivity index (χ1n) is 14.0. The number of carbonyl (C=O) groups is 2. The van der Waals surface area contributed by atoms with Crippen molar-refractivity contribution in [3.63, 3.8) is 0 Å². The summed E-state index contributed by atoms with van der Waals surface area (Å²) in [6.45, 7) is 3.40. The second-order valence-electron chi connectivity index (χ2n) is 10.1. The van der Waals surface area contributed by atoms with Gasteiger partial charge in [-0.15, -0.1) is 0 Å². The Hall–Kier alpha value is -3.89. The Balaban J connectivity index is 1.22. The third kappa shape index (κ3) is 6.55. The molecule has 0 aromatic heterocycles. The Labute approximate surface area is 241 Å². The SMILES string of the molecule is CCOc1ccc(S(=O)(=O)N2CCC(C(=O)N3C[C@@H](C(=O)NCCc4ccccc4)Oc4ccccc43)CC2)cc1. The summed E-state index contributed by atoms with van der Waals surface area (Å²) < 4.78 is 39.3. The van der Waals surface area contributed by atoms with E-state index in [4.69, 9.17) is 9.47 Å². The Morgan fingerprint density at radius 2 is 1.63 bits per heavy atom. The molecule has 1 saturated heterocycles. The maximum atomic E-state index is 13.8. The van der Waals surface area contributed by atoms with E-state index in [2.05, 4.69) is 5.32 Å². The number of hydrogen-bond donors (Lipinski definition) is 1. The summed E-state index contributed by atoms with van der Waals surface area (Å²) in [5.41, 5.74) is 1.74. The molecule has 216 valence electrons. The average molecular weight is 578 g/mol. The maximum Gasteiger partial charge on any atom is 0.262 e. The lowest BCUT2D eigenvalue weighted by Crippen LogP contribution is -2.53. The van der Waals surface area contributed by atoms with Crippen molar-refractivity contribution in [3.05, 3.63) is 84.4 Å². The normalized spacial score (nSPS) is 17.8. The van der Waals surface area contributed by atoms with Gasteiger partial charge in [-0.05, 0) is 68.1 Å². The highest BCUT2D eigenvalue weighted by molar-refractivity contribution is 7.89. The maximum absolute atomic E-state index is 13.8. The minimum Gasteiger partial charge on any atom is -0.494 e. The Bertz CT molecular complexity index is 1450. The number of hydrogen-bond acceptors (Lipinski definition) is 6. The number of amides is 2. The molecule has 2 aliphatic heterocycles. The molecular formula is C31H35N3O6S. The topological polar surface area (TPSA) is 105 Å². The summed E-state index contributed by atoms with van der Waals surface area (Å²) >= 11 is 0. The molecule has 0 bridgehead atoms. The van der Waals surface area contributed by atoms with E-state index in [1.165, 1.54) is 4.31 Å². The van der Waals surface area contributed by atoms with Gasteiger partial charge in [0.05, 0.1) is 23.7 Å². The molecule has 1 N–H and O–H groups in total. The highest BCUT2D eigenvalue weighted by Crippen LogP contribution is 2.36. The van der Waals surface area contributed by atoms with E-state index in [0.717, 1.165) is 5.56 Å². The van der Waals surface area contributed by atoms with E-state index in [9.17, 15) is 18.0 Å². The number of nitrogens with zero attached hydrogens (tertiary/aromatic N) is 2. The van der Waals surface area contributed by atoms with Crippen molar-refractivity contribution in [3.8, 4) is 11.5 Å². The van der Waals surface area contributed by atoms with E-state index < -0.39 is 16.1 Å². The first-order chi connectivity index (χ1) is 19.9. The molecular weight excluding hydrogens is 542 g/mol. The summed E-state index contributed by atoms with van der Waals surface area (Å²) in [6.07, 6.45) is 0.631. The van der Waals surface area contributed by atoms with Crippen LogP contribution in [0.1, 0.15) is 25.3 Å². The molecule has 0 saturated carbocycles. The summed E-state index contributed by atoms with van der Waals surface area (Å²) in [5, 5.41) is 2.94. The molecule has 3 aromatic rings. The molecule has 2 heterocycles. The van der Waals surface area contributed by atoms with Gasteiger partial charge in [0.25, 0.3) is 5.91 Å². The van der Waals surface area contributed by atoms with Crippen molar-refractivity contribution in [2.45, 2.75) is 37.2 Å². The summed E-state index contributed by atoms with van der Waals surface area (Å²) in [4.78, 5) is 28.6. The zero-order chi connectivity index (χ0) is 28.8. The van der Waals surface area contributed by atoms with Crippen molar-refractivity contribution in [1.82, 2.24) is 9.62 Å². The van der Waals surface area contributed by atoms with E-state index in [0.29, 0.717) is 49.6 Å². The first kappa shape index (κ1) is 28.6. The van der Waals surface area contributed by atoms with Crippen LogP contribution in [0.3, 0.4) is 0 Å². The van der Waals surface area contributed by atoms with Crippen LogP contribution in [0.2, 0.25) is 0 Å². The van der Waals surface area contributed by atoms with Crippen LogP contribution in [0.5, 0.6) is 11.5 Å². The largest absolute Gasteiger partial charge is 0.494 e. The van der Waals surface area contributed by atoms with Crippen molar-refractivity contribution < 1.29 is 27.5 Å². The molecule has 1 fully saturated rings. The van der Waals surface area contributed by atoms with Gasteiger partial charge in [0, 0.05) is 25.6 Å². The smallest absolute Gasteiger partial charge is 0.262 e. The van der Waals surface area contributed by atoms with Gasteiger partial charge < -0.3 is 19.7 Å². The number of fused-ring (bicyclic) bond motifs is 1. The fourth-order valence-electron chi connectivity index (χ4n) is 5.26. The number of para-hydroxylation sites is 2. The van der Waals surface area contributed by atoms with Gasteiger partial charge in [-0.3, -0.25) is 9.59 Å². The first-order valence-corrected chi connectivity index (χ1v) is 15.4. The van der Waals surface area contributed by atoms with Gasteiger partial charge in [-0.25, -0.2) is 8.42 Å². The number of carbonyl (C=O) groups excluding carboxylic acids is 2. The van der Waals surface area contributed by atoms with Gasteiger partial charge in [0.1, 0.15) is 11.5 Å². The zero-order valence-corrected chi connectivity index (χ0v) is 23.9. The van der Waals surface area contributed by atoms with Crippen LogP contribution in [-0.4, -0.2) is 63.4 Å². The van der Waals surface area contributed by atoms with Crippen molar-refractivity contribution in [1.29, 1.82) is 0 Å². The molecule has 0 aliphatic carbocycles. The van der Waals surface area contributed by atoms with Gasteiger partial charge in [-0.2, -0.15) is 4.31 Å². The summed E-state index contributed by atoms with van der Waals surface area (Å²) in [7, 11) is -3.69. The van der Waals surface area contributed by atoms with Crippen LogP contribution in [0.15, 0.2) is 83.8 Å². The molecule has 2 aliphatic rings. The van der Waals surface area contributed by atoms with Crippen LogP contribution in [0.25, 0.3) is 0 Å². The highest BCUT2D eigenvalue weighted by Gasteiger charge is 2.39. The molecule has 9 nitrogen and oxygen atoms in total. The molecule has 1 atom stereocenters. The quantitative estimate of drug-likeness (QED) is 0.417. The van der Waals surface area contributed by atoms with Crippen molar-refractivity contribution in [2.24, 2.45) is 5.92 Å². The third-order valence-electron chi connectivity index (χ3n) is 7.46. The predicted octanol–water partition coefficient (Wildman–Crippen LogP) is 3.64. The molecule has 10 heteroatoms. The predicted molar refractivity (Wildman–Crippen MR) is 155 cm³/mol. The molecule has 0 unspecified atom stereocenters. The Morgan fingerprint density at radius 3 is 2.34 bits per heavy atom. The van der Waals surface area contributed by atoms with E-state index in [1.807, 2.05) is 49.4 Å². The van der Waals surface area contributed by atoms with Crippen LogP contribution >= 0.6 is 0 Å². The number of piperidine rings is 1. The highest BCUT2D eigenvalue weighted by atomic mass is 32.2. The van der Waals surface area contributed by atoms with Crippen LogP contribution in [0.4, 0.5) is 5.69 Å². The fraction of sp³-hybridized carbons (Fsp3) is 0.355. The van der Waals surface area contributed by atoms with Crippen LogP contribution in [-0.2, 0) is 26.0 Å². The van der Waals surface area contributed by atoms with E-state index in [1.54, 1.807) is 41.3 Å². The fourth-order valence-corrected chi connectivity index (χ4v) is 6.72. The monoisotopic (exact) mass is 577 g/mol. The molecule has 5 rings (SSSR count).